The SMILES string of the molecule is CC1(C(=O)Nc2ncnc(Cl)c2Cl)CCCCN1. The maximum Gasteiger partial charge on any atom is 0.245 e. The van der Waals surface area contributed by atoms with Crippen LogP contribution in [0.3, 0.4) is 0 Å². The van der Waals surface area contributed by atoms with E-state index in [9.17, 15) is 4.79 Å². The van der Waals surface area contributed by atoms with Crippen LogP contribution in [0.1, 0.15) is 26.2 Å². The summed E-state index contributed by atoms with van der Waals surface area (Å²) in [5.74, 6) is 0.0918. The number of nitrogens with one attached hydrogen (secondary N) is 2. The third-order valence-corrected chi connectivity index (χ3v) is 3.84. The molecule has 1 aromatic rings. The molecule has 18 heavy (non-hydrogen) atoms. The lowest BCUT2D eigenvalue weighted by molar-refractivity contribution is -0.122. The van der Waals surface area contributed by atoms with Crippen molar-refractivity contribution in [2.45, 2.75) is 31.7 Å². The van der Waals surface area contributed by atoms with E-state index < -0.39 is 5.54 Å². The summed E-state index contributed by atoms with van der Waals surface area (Å²) >= 11 is 11.7. The standard InChI is InChI=1S/C11H14Cl2N4O/c1-11(4-2-3-5-16-11)10(18)17-9-7(12)8(13)14-6-15-9/h6,16H,2-5H2,1H3,(H,14,15,17,18). The molecule has 1 fully saturated rings. The van der Waals surface area contributed by atoms with E-state index in [1.807, 2.05) is 6.92 Å². The lowest BCUT2D eigenvalue weighted by atomic mass is 9.90. The number of amides is 1. The zero-order valence-electron chi connectivity index (χ0n) is 9.96. The van der Waals surface area contributed by atoms with Crippen LogP contribution < -0.4 is 10.6 Å². The van der Waals surface area contributed by atoms with Gasteiger partial charge < -0.3 is 10.6 Å². The fourth-order valence-electron chi connectivity index (χ4n) is 1.93. The van der Waals surface area contributed by atoms with Gasteiger partial charge >= 0.3 is 0 Å². The smallest absolute Gasteiger partial charge is 0.245 e. The molecule has 0 saturated carbocycles. The minimum Gasteiger partial charge on any atom is -0.308 e. The molecule has 0 bridgehead atoms. The normalized spacial score (nSPS) is 23.7. The maximum atomic E-state index is 12.2. The van der Waals surface area contributed by atoms with E-state index in [0.717, 1.165) is 25.8 Å². The first-order chi connectivity index (χ1) is 8.53. The van der Waals surface area contributed by atoms with E-state index in [1.54, 1.807) is 0 Å². The molecule has 7 heteroatoms. The number of hydrogen-bond acceptors (Lipinski definition) is 4. The van der Waals surface area contributed by atoms with Crippen molar-refractivity contribution < 1.29 is 4.79 Å². The first-order valence-corrected chi connectivity index (χ1v) is 6.51. The lowest BCUT2D eigenvalue weighted by Crippen LogP contribution is -2.54. The average Bonchev–Trinajstić information content (AvgIpc) is 2.36. The molecule has 1 unspecified atom stereocenters. The second-order valence-electron chi connectivity index (χ2n) is 4.50. The van der Waals surface area contributed by atoms with Crippen LogP contribution in [0.4, 0.5) is 5.82 Å². The second-order valence-corrected chi connectivity index (χ2v) is 5.23. The highest BCUT2D eigenvalue weighted by Crippen LogP contribution is 2.27. The molecule has 1 aliphatic heterocycles. The van der Waals surface area contributed by atoms with Crippen LogP contribution in [-0.2, 0) is 4.79 Å². The van der Waals surface area contributed by atoms with Gasteiger partial charge in [-0.1, -0.05) is 23.2 Å². The van der Waals surface area contributed by atoms with Gasteiger partial charge in [0.1, 0.15) is 11.3 Å². The van der Waals surface area contributed by atoms with E-state index in [0.29, 0.717) is 0 Å². The van der Waals surface area contributed by atoms with Crippen molar-refractivity contribution in [2.75, 3.05) is 11.9 Å². The highest BCUT2D eigenvalue weighted by Gasteiger charge is 2.34. The Bertz CT molecular complexity index is 460. The van der Waals surface area contributed by atoms with Gasteiger partial charge in [-0.25, -0.2) is 9.97 Å². The van der Waals surface area contributed by atoms with Gasteiger partial charge in [0, 0.05) is 0 Å². The predicted octanol–water partition coefficient (Wildman–Crippen LogP) is 2.25. The fourth-order valence-corrected chi connectivity index (χ4v) is 2.21. The van der Waals surface area contributed by atoms with Crippen molar-refractivity contribution in [3.05, 3.63) is 16.5 Å². The summed E-state index contributed by atoms with van der Waals surface area (Å²) in [7, 11) is 0. The molecule has 0 aliphatic carbocycles. The Morgan fingerprint density at radius 2 is 2.22 bits per heavy atom. The molecule has 1 saturated heterocycles. The fraction of sp³-hybridized carbons (Fsp3) is 0.545. The number of carbonyl (C=O) groups is 1. The molecule has 1 atom stereocenters. The molecule has 0 radical (unpaired) electrons. The molecule has 1 aliphatic rings. The van der Waals surface area contributed by atoms with Crippen LogP contribution in [0.25, 0.3) is 0 Å². The van der Waals surface area contributed by atoms with Crippen molar-refractivity contribution in [1.82, 2.24) is 15.3 Å². The van der Waals surface area contributed by atoms with Gasteiger partial charge in [-0.3, -0.25) is 4.79 Å². The van der Waals surface area contributed by atoms with E-state index in [1.165, 1.54) is 6.33 Å². The Balaban J connectivity index is 2.13. The number of piperidine rings is 1. The summed E-state index contributed by atoms with van der Waals surface area (Å²) in [4.78, 5) is 19.9. The molecule has 0 aromatic carbocycles. The van der Waals surface area contributed by atoms with E-state index in [-0.39, 0.29) is 21.9 Å². The Morgan fingerprint density at radius 1 is 1.44 bits per heavy atom. The number of anilines is 1. The molecule has 1 aromatic heterocycles. The topological polar surface area (TPSA) is 66.9 Å². The zero-order chi connectivity index (χ0) is 13.2. The third-order valence-electron chi connectivity index (χ3n) is 3.10. The Hall–Kier alpha value is -0.910. The van der Waals surface area contributed by atoms with Gasteiger partial charge in [-0.05, 0) is 32.7 Å². The quantitative estimate of drug-likeness (QED) is 0.819. The number of halogens is 2. The van der Waals surface area contributed by atoms with Gasteiger partial charge in [0.05, 0.1) is 5.54 Å². The monoisotopic (exact) mass is 288 g/mol. The number of rotatable bonds is 2. The van der Waals surface area contributed by atoms with Crippen LogP contribution in [-0.4, -0.2) is 28.0 Å². The molecule has 2 rings (SSSR count). The minimum absolute atomic E-state index is 0.128. The maximum absolute atomic E-state index is 12.2. The lowest BCUT2D eigenvalue weighted by Gasteiger charge is -2.33. The van der Waals surface area contributed by atoms with Gasteiger partial charge in [0.25, 0.3) is 0 Å². The largest absolute Gasteiger partial charge is 0.308 e. The van der Waals surface area contributed by atoms with Gasteiger partial charge in [-0.15, -0.1) is 0 Å². The van der Waals surface area contributed by atoms with Crippen molar-refractivity contribution >= 4 is 34.9 Å². The molecule has 5 nitrogen and oxygen atoms in total. The molecule has 2 N–H and O–H groups in total. The van der Waals surface area contributed by atoms with Gasteiger partial charge in [0.15, 0.2) is 11.0 Å². The van der Waals surface area contributed by atoms with Crippen molar-refractivity contribution in [2.24, 2.45) is 0 Å². The number of hydrogen-bond donors (Lipinski definition) is 2. The van der Waals surface area contributed by atoms with Crippen molar-refractivity contribution in [3.8, 4) is 0 Å². The van der Waals surface area contributed by atoms with Gasteiger partial charge in [0.2, 0.25) is 5.91 Å². The molecular formula is C11H14Cl2N4O. The second kappa shape index (κ2) is 5.38. The Morgan fingerprint density at radius 3 is 2.89 bits per heavy atom. The Labute approximate surface area is 115 Å². The van der Waals surface area contributed by atoms with Crippen LogP contribution in [0.5, 0.6) is 0 Å². The minimum atomic E-state index is -0.584. The van der Waals surface area contributed by atoms with Crippen LogP contribution in [0.2, 0.25) is 10.2 Å². The first kappa shape index (κ1) is 13.5. The summed E-state index contributed by atoms with van der Waals surface area (Å²) in [5, 5.41) is 6.20. The molecule has 1 amide bonds. The van der Waals surface area contributed by atoms with E-state index in [2.05, 4.69) is 20.6 Å². The summed E-state index contributed by atoms with van der Waals surface area (Å²) in [6.07, 6.45) is 4.16. The average molecular weight is 289 g/mol. The third kappa shape index (κ3) is 2.74. The summed E-state index contributed by atoms with van der Waals surface area (Å²) in [6, 6.07) is 0. The molecular weight excluding hydrogens is 275 g/mol. The molecule has 0 spiro atoms. The van der Waals surface area contributed by atoms with E-state index in [4.69, 9.17) is 23.2 Å². The van der Waals surface area contributed by atoms with E-state index >= 15 is 0 Å². The van der Waals surface area contributed by atoms with Crippen LogP contribution >= 0.6 is 23.2 Å². The molecule has 98 valence electrons. The predicted molar refractivity (Wildman–Crippen MR) is 70.9 cm³/mol. The van der Waals surface area contributed by atoms with Gasteiger partial charge in [-0.2, -0.15) is 0 Å². The summed E-state index contributed by atoms with van der Waals surface area (Å²) in [5.41, 5.74) is -0.584. The van der Waals surface area contributed by atoms with Crippen molar-refractivity contribution in [1.29, 1.82) is 0 Å². The number of aromatic nitrogens is 2. The highest BCUT2D eigenvalue weighted by molar-refractivity contribution is 6.43. The zero-order valence-corrected chi connectivity index (χ0v) is 11.5. The number of nitrogens with zero attached hydrogens (tertiary/aromatic N) is 2. The van der Waals surface area contributed by atoms with Crippen LogP contribution in [0, 0.1) is 0 Å². The Kier molecular flexibility index (Phi) is 4.04. The van der Waals surface area contributed by atoms with Crippen LogP contribution in [0.15, 0.2) is 6.33 Å². The first-order valence-electron chi connectivity index (χ1n) is 5.75. The highest BCUT2D eigenvalue weighted by atomic mass is 35.5. The van der Waals surface area contributed by atoms with Crippen molar-refractivity contribution in [3.63, 3.8) is 0 Å². The summed E-state index contributed by atoms with van der Waals surface area (Å²) < 4.78 is 0. The number of carbonyl (C=O) groups excluding carboxylic acids is 1. The molecule has 2 heterocycles. The summed E-state index contributed by atoms with van der Waals surface area (Å²) in [6.45, 7) is 2.71.